The monoisotopic (exact) mass is 192 g/mol. The molecule has 0 radical (unpaired) electrons. The molecule has 0 spiro atoms. The summed E-state index contributed by atoms with van der Waals surface area (Å²) in [5.74, 6) is -0.830. The second kappa shape index (κ2) is 3.18. The van der Waals surface area contributed by atoms with Crippen LogP contribution in [0.1, 0.15) is 16.9 Å². The van der Waals surface area contributed by atoms with E-state index in [-0.39, 0.29) is 0 Å². The number of hydrogen-bond donors (Lipinski definition) is 1. The SMILES string of the molecule is O=C(O)C1=Cc2ccsc2C=CC1. The highest BCUT2D eigenvalue weighted by Crippen LogP contribution is 2.25. The zero-order valence-corrected chi connectivity index (χ0v) is 7.67. The fourth-order valence-electron chi connectivity index (χ4n) is 1.27. The third-order valence-electron chi connectivity index (χ3n) is 1.94. The molecule has 2 nitrogen and oxygen atoms in total. The summed E-state index contributed by atoms with van der Waals surface area (Å²) in [6.07, 6.45) is 6.12. The smallest absolute Gasteiger partial charge is 0.331 e. The summed E-state index contributed by atoms with van der Waals surface area (Å²) in [6, 6.07) is 1.94. The Hall–Kier alpha value is -1.35. The van der Waals surface area contributed by atoms with Crippen LogP contribution in [-0.2, 0) is 4.79 Å². The van der Waals surface area contributed by atoms with Gasteiger partial charge in [-0.1, -0.05) is 6.08 Å². The molecule has 0 atom stereocenters. The Morgan fingerprint density at radius 2 is 2.38 bits per heavy atom. The molecule has 0 amide bonds. The first-order valence-electron chi connectivity index (χ1n) is 3.95. The van der Waals surface area contributed by atoms with E-state index in [1.165, 1.54) is 0 Å². The number of thiophene rings is 1. The maximum absolute atomic E-state index is 10.7. The Morgan fingerprint density at radius 3 is 3.15 bits per heavy atom. The summed E-state index contributed by atoms with van der Waals surface area (Å²) in [5.41, 5.74) is 1.46. The Labute approximate surface area is 79.8 Å². The summed E-state index contributed by atoms with van der Waals surface area (Å²) in [7, 11) is 0. The molecular weight excluding hydrogens is 184 g/mol. The lowest BCUT2D eigenvalue weighted by atomic mass is 10.1. The molecule has 0 aromatic carbocycles. The Bertz CT molecular complexity index is 399. The van der Waals surface area contributed by atoms with E-state index in [1.807, 2.05) is 23.6 Å². The van der Waals surface area contributed by atoms with Crippen LogP contribution in [0.3, 0.4) is 0 Å². The summed E-state index contributed by atoms with van der Waals surface area (Å²) < 4.78 is 0. The number of carbonyl (C=O) groups is 1. The summed E-state index contributed by atoms with van der Waals surface area (Å²) in [6.45, 7) is 0. The van der Waals surface area contributed by atoms with Crippen LogP contribution in [0.4, 0.5) is 0 Å². The number of carboxylic acid groups (broad SMARTS) is 1. The van der Waals surface area contributed by atoms with Crippen LogP contribution in [0.5, 0.6) is 0 Å². The van der Waals surface area contributed by atoms with Crippen LogP contribution < -0.4 is 0 Å². The van der Waals surface area contributed by atoms with Gasteiger partial charge in [-0.3, -0.25) is 0 Å². The van der Waals surface area contributed by atoms with Gasteiger partial charge in [0.2, 0.25) is 0 Å². The highest BCUT2D eigenvalue weighted by atomic mass is 32.1. The lowest BCUT2D eigenvalue weighted by Gasteiger charge is -1.94. The van der Waals surface area contributed by atoms with Gasteiger partial charge in [0.15, 0.2) is 0 Å². The molecular formula is C10H8O2S. The maximum Gasteiger partial charge on any atom is 0.331 e. The molecule has 0 saturated carbocycles. The van der Waals surface area contributed by atoms with E-state index in [0.29, 0.717) is 12.0 Å². The van der Waals surface area contributed by atoms with Gasteiger partial charge in [-0.2, -0.15) is 0 Å². The predicted octanol–water partition coefficient (Wildman–Crippen LogP) is 2.63. The van der Waals surface area contributed by atoms with E-state index in [4.69, 9.17) is 5.11 Å². The van der Waals surface area contributed by atoms with Crippen LogP contribution in [-0.4, -0.2) is 11.1 Å². The second-order valence-corrected chi connectivity index (χ2v) is 3.77. The number of hydrogen-bond acceptors (Lipinski definition) is 2. The summed E-state index contributed by atoms with van der Waals surface area (Å²) in [5, 5.41) is 10.8. The average molecular weight is 192 g/mol. The van der Waals surface area contributed by atoms with Gasteiger partial charge in [-0.25, -0.2) is 4.79 Å². The van der Waals surface area contributed by atoms with Gasteiger partial charge < -0.3 is 5.11 Å². The molecule has 2 rings (SSSR count). The summed E-state index contributed by atoms with van der Waals surface area (Å²) >= 11 is 1.63. The molecule has 0 unspecified atom stereocenters. The second-order valence-electron chi connectivity index (χ2n) is 2.82. The molecule has 1 aromatic rings. The quantitative estimate of drug-likeness (QED) is 0.742. The first-order valence-corrected chi connectivity index (χ1v) is 4.83. The largest absolute Gasteiger partial charge is 0.478 e. The van der Waals surface area contributed by atoms with Crippen LogP contribution >= 0.6 is 11.3 Å². The van der Waals surface area contributed by atoms with Crippen molar-refractivity contribution in [1.29, 1.82) is 0 Å². The number of fused-ring (bicyclic) bond motifs is 1. The highest BCUT2D eigenvalue weighted by molar-refractivity contribution is 7.11. The fourth-order valence-corrected chi connectivity index (χ4v) is 2.07. The standard InChI is InChI=1S/C10H8O2S/c11-10(12)8-2-1-3-9-7(6-8)4-5-13-9/h1,3-6H,2H2,(H,11,12). The molecule has 1 aliphatic rings. The molecule has 0 fully saturated rings. The van der Waals surface area contributed by atoms with E-state index in [2.05, 4.69) is 0 Å². The van der Waals surface area contributed by atoms with E-state index in [9.17, 15) is 4.79 Å². The lowest BCUT2D eigenvalue weighted by Crippen LogP contribution is -1.98. The number of aliphatic carboxylic acids is 1. The van der Waals surface area contributed by atoms with Crippen molar-refractivity contribution in [3.63, 3.8) is 0 Å². The average Bonchev–Trinajstić information content (AvgIpc) is 2.42. The van der Waals surface area contributed by atoms with Crippen molar-refractivity contribution in [3.8, 4) is 0 Å². The van der Waals surface area contributed by atoms with Gasteiger partial charge in [0.05, 0.1) is 0 Å². The van der Waals surface area contributed by atoms with Crippen LogP contribution in [0, 0.1) is 0 Å². The molecule has 1 heterocycles. The summed E-state index contributed by atoms with van der Waals surface area (Å²) in [4.78, 5) is 11.9. The fraction of sp³-hybridized carbons (Fsp3) is 0.100. The zero-order chi connectivity index (χ0) is 9.26. The predicted molar refractivity (Wildman–Crippen MR) is 53.6 cm³/mol. The van der Waals surface area contributed by atoms with Crippen LogP contribution in [0.25, 0.3) is 12.2 Å². The molecule has 0 saturated heterocycles. The normalized spacial score (nSPS) is 14.6. The first-order chi connectivity index (χ1) is 6.27. The molecule has 13 heavy (non-hydrogen) atoms. The Morgan fingerprint density at radius 1 is 1.54 bits per heavy atom. The van der Waals surface area contributed by atoms with Gasteiger partial charge in [0, 0.05) is 10.5 Å². The molecule has 0 bridgehead atoms. The molecule has 3 heteroatoms. The van der Waals surface area contributed by atoms with Crippen molar-refractivity contribution in [1.82, 2.24) is 0 Å². The molecule has 1 N–H and O–H groups in total. The minimum atomic E-state index is -0.830. The lowest BCUT2D eigenvalue weighted by molar-refractivity contribution is -0.132. The van der Waals surface area contributed by atoms with Gasteiger partial charge in [-0.15, -0.1) is 11.3 Å². The van der Waals surface area contributed by atoms with Crippen LogP contribution in [0.2, 0.25) is 0 Å². The molecule has 1 aromatic heterocycles. The number of rotatable bonds is 1. The van der Waals surface area contributed by atoms with E-state index < -0.39 is 5.97 Å². The third-order valence-corrected chi connectivity index (χ3v) is 2.84. The van der Waals surface area contributed by atoms with Gasteiger partial charge in [0.25, 0.3) is 0 Å². The van der Waals surface area contributed by atoms with E-state index in [1.54, 1.807) is 17.4 Å². The van der Waals surface area contributed by atoms with Crippen molar-refractivity contribution < 1.29 is 9.90 Å². The minimum absolute atomic E-state index is 0.452. The molecule has 0 aliphatic heterocycles. The van der Waals surface area contributed by atoms with Gasteiger partial charge in [0.1, 0.15) is 0 Å². The van der Waals surface area contributed by atoms with Crippen molar-refractivity contribution in [2.24, 2.45) is 0 Å². The molecule has 66 valence electrons. The topological polar surface area (TPSA) is 37.3 Å². The number of carboxylic acids is 1. The van der Waals surface area contributed by atoms with Crippen LogP contribution in [0.15, 0.2) is 23.1 Å². The molecule has 1 aliphatic carbocycles. The number of allylic oxidation sites excluding steroid dienone is 1. The van der Waals surface area contributed by atoms with E-state index in [0.717, 1.165) is 10.4 Å². The van der Waals surface area contributed by atoms with Gasteiger partial charge >= 0.3 is 5.97 Å². The Balaban J connectivity index is 2.48. The van der Waals surface area contributed by atoms with Crippen molar-refractivity contribution in [3.05, 3.63) is 33.5 Å². The van der Waals surface area contributed by atoms with Crippen molar-refractivity contribution in [2.75, 3.05) is 0 Å². The zero-order valence-electron chi connectivity index (χ0n) is 6.86. The van der Waals surface area contributed by atoms with E-state index >= 15 is 0 Å². The highest BCUT2D eigenvalue weighted by Gasteiger charge is 2.10. The van der Waals surface area contributed by atoms with Crippen molar-refractivity contribution >= 4 is 29.5 Å². The minimum Gasteiger partial charge on any atom is -0.478 e. The van der Waals surface area contributed by atoms with Crippen molar-refractivity contribution in [2.45, 2.75) is 6.42 Å². The maximum atomic E-state index is 10.7. The Kier molecular flexibility index (Phi) is 2.02. The first kappa shape index (κ1) is 8.26. The third kappa shape index (κ3) is 1.55. The van der Waals surface area contributed by atoms with Gasteiger partial charge in [-0.05, 0) is 35.6 Å².